The number of halogens is 1. The Balaban J connectivity index is 1.80. The van der Waals surface area contributed by atoms with Gasteiger partial charge in [-0.25, -0.2) is 4.39 Å². The molecule has 0 unspecified atom stereocenters. The summed E-state index contributed by atoms with van der Waals surface area (Å²) < 4.78 is 30.3. The number of benzene rings is 2. The molecule has 2 aromatic carbocycles. The number of nitrogens with one attached hydrogen (secondary N) is 1. The van der Waals surface area contributed by atoms with E-state index in [1.54, 1.807) is 29.2 Å². The molecular formula is C30H35FN2O5S. The van der Waals surface area contributed by atoms with Crippen LogP contribution in [-0.4, -0.2) is 44.1 Å². The number of carbonyl (C=O) groups excluding carboxylic acids is 2. The van der Waals surface area contributed by atoms with Crippen LogP contribution in [0.3, 0.4) is 0 Å². The molecular weight excluding hydrogens is 519 g/mol. The number of hydrogen-bond donors (Lipinski definition) is 1. The van der Waals surface area contributed by atoms with Crippen LogP contribution in [0.15, 0.2) is 53.9 Å². The summed E-state index contributed by atoms with van der Waals surface area (Å²) in [5.41, 5.74) is 1.23. The summed E-state index contributed by atoms with van der Waals surface area (Å²) in [6.45, 7) is 0.115. The van der Waals surface area contributed by atoms with Crippen molar-refractivity contribution in [3.05, 3.63) is 75.7 Å². The largest absolute Gasteiger partial charge is 0.493 e. The van der Waals surface area contributed by atoms with Gasteiger partial charge in [0.2, 0.25) is 17.6 Å². The first-order chi connectivity index (χ1) is 18.9. The van der Waals surface area contributed by atoms with E-state index in [-0.39, 0.29) is 36.6 Å². The summed E-state index contributed by atoms with van der Waals surface area (Å²) in [5.74, 6) is 0.290. The van der Waals surface area contributed by atoms with Crippen LogP contribution in [0.4, 0.5) is 4.39 Å². The van der Waals surface area contributed by atoms with E-state index < -0.39 is 6.04 Å². The first-order valence-electron chi connectivity index (χ1n) is 13.1. The number of methoxy groups -OCH3 is 3. The molecule has 1 saturated carbocycles. The fourth-order valence-corrected chi connectivity index (χ4v) is 5.73. The maximum absolute atomic E-state index is 14.1. The summed E-state index contributed by atoms with van der Waals surface area (Å²) in [6.07, 6.45) is 5.19. The smallest absolute Gasteiger partial charge is 0.247 e. The average molecular weight is 555 g/mol. The molecule has 1 atom stereocenters. The molecule has 3 aromatic rings. The predicted molar refractivity (Wildman–Crippen MR) is 149 cm³/mol. The zero-order valence-electron chi connectivity index (χ0n) is 22.6. The third-order valence-corrected chi connectivity index (χ3v) is 7.88. The van der Waals surface area contributed by atoms with Crippen molar-refractivity contribution >= 4 is 23.2 Å². The Morgan fingerprint density at radius 1 is 1.00 bits per heavy atom. The van der Waals surface area contributed by atoms with Gasteiger partial charge in [0, 0.05) is 17.5 Å². The molecule has 0 radical (unpaired) electrons. The Bertz CT molecular complexity index is 1220. The monoisotopic (exact) mass is 554 g/mol. The van der Waals surface area contributed by atoms with Gasteiger partial charge in [-0.05, 0) is 59.7 Å². The van der Waals surface area contributed by atoms with E-state index in [0.29, 0.717) is 28.4 Å². The number of rotatable bonds is 11. The van der Waals surface area contributed by atoms with Crippen LogP contribution in [0.1, 0.15) is 54.1 Å². The van der Waals surface area contributed by atoms with Crippen LogP contribution in [-0.2, 0) is 22.6 Å². The fourth-order valence-electron chi connectivity index (χ4n) is 5.03. The molecule has 0 bridgehead atoms. The highest BCUT2D eigenvalue weighted by atomic mass is 32.1. The summed E-state index contributed by atoms with van der Waals surface area (Å²) in [5, 5.41) is 5.12. The molecule has 1 aromatic heterocycles. The Hall–Kier alpha value is -3.59. The van der Waals surface area contributed by atoms with Crippen molar-refractivity contribution in [3.63, 3.8) is 0 Å². The van der Waals surface area contributed by atoms with Crippen LogP contribution in [0.2, 0.25) is 0 Å². The number of nitrogens with zero attached hydrogens (tertiary/aromatic N) is 1. The minimum Gasteiger partial charge on any atom is -0.493 e. The second-order valence-corrected chi connectivity index (χ2v) is 10.6. The van der Waals surface area contributed by atoms with Crippen molar-refractivity contribution in [1.82, 2.24) is 10.2 Å². The first kappa shape index (κ1) is 28.4. The maximum atomic E-state index is 14.1. The van der Waals surface area contributed by atoms with E-state index in [1.165, 1.54) is 44.8 Å². The molecule has 7 nitrogen and oxygen atoms in total. The van der Waals surface area contributed by atoms with Crippen LogP contribution >= 0.6 is 11.3 Å². The molecule has 4 rings (SSSR count). The van der Waals surface area contributed by atoms with E-state index in [4.69, 9.17) is 14.2 Å². The van der Waals surface area contributed by atoms with Gasteiger partial charge in [-0.1, -0.05) is 37.5 Å². The van der Waals surface area contributed by atoms with Gasteiger partial charge in [0.05, 0.1) is 27.8 Å². The number of hydrogen-bond acceptors (Lipinski definition) is 6. The van der Waals surface area contributed by atoms with Crippen molar-refractivity contribution in [1.29, 1.82) is 0 Å². The fraction of sp³-hybridized carbons (Fsp3) is 0.400. The Morgan fingerprint density at radius 3 is 2.23 bits per heavy atom. The molecule has 208 valence electrons. The summed E-state index contributed by atoms with van der Waals surface area (Å²) in [4.78, 5) is 30.5. The Kier molecular flexibility index (Phi) is 9.81. The number of thiophene rings is 1. The van der Waals surface area contributed by atoms with Gasteiger partial charge in [0.25, 0.3) is 0 Å². The van der Waals surface area contributed by atoms with Gasteiger partial charge in [0.1, 0.15) is 11.9 Å². The van der Waals surface area contributed by atoms with Crippen LogP contribution in [0, 0.1) is 5.82 Å². The maximum Gasteiger partial charge on any atom is 0.247 e. The number of ether oxygens (including phenoxy) is 3. The van der Waals surface area contributed by atoms with Crippen LogP contribution in [0.5, 0.6) is 17.2 Å². The van der Waals surface area contributed by atoms with Gasteiger partial charge in [0.15, 0.2) is 11.5 Å². The average Bonchev–Trinajstić information content (AvgIpc) is 3.46. The summed E-state index contributed by atoms with van der Waals surface area (Å²) in [6, 6.07) is 12.2. The first-order valence-corrected chi connectivity index (χ1v) is 14.0. The normalized spacial score (nSPS) is 14.4. The second kappa shape index (κ2) is 13.5. The molecule has 39 heavy (non-hydrogen) atoms. The molecule has 1 aliphatic rings. The van der Waals surface area contributed by atoms with Crippen molar-refractivity contribution in [3.8, 4) is 17.2 Å². The molecule has 1 aliphatic carbocycles. The summed E-state index contributed by atoms with van der Waals surface area (Å²) >= 11 is 1.48. The third kappa shape index (κ3) is 7.09. The van der Waals surface area contributed by atoms with Crippen LogP contribution in [0.25, 0.3) is 0 Å². The highest BCUT2D eigenvalue weighted by Crippen LogP contribution is 2.41. The topological polar surface area (TPSA) is 77.1 Å². The summed E-state index contributed by atoms with van der Waals surface area (Å²) in [7, 11) is 4.53. The van der Waals surface area contributed by atoms with Crippen molar-refractivity contribution in [2.75, 3.05) is 21.3 Å². The number of amides is 2. The standard InChI is InChI=1S/C30H35FN2O5S/c1-36-25-16-21(17-26(37-2)29(25)38-3)28(30(35)32-23-8-5-4-6-9-23)33(19-20-11-13-22(31)14-12-20)27(34)18-24-10-7-15-39-24/h7,10-17,23,28H,4-6,8-9,18-19H2,1-3H3,(H,32,35)/t28-/m1/s1. The van der Waals surface area contributed by atoms with E-state index in [1.807, 2.05) is 17.5 Å². The molecule has 1 heterocycles. The molecule has 2 amide bonds. The van der Waals surface area contributed by atoms with Gasteiger partial charge in [-0.15, -0.1) is 11.3 Å². The quantitative estimate of drug-likeness (QED) is 0.330. The second-order valence-electron chi connectivity index (χ2n) is 9.61. The molecule has 9 heteroatoms. The zero-order chi connectivity index (χ0) is 27.8. The molecule has 0 aliphatic heterocycles. The van der Waals surface area contributed by atoms with E-state index in [2.05, 4.69) is 5.32 Å². The van der Waals surface area contributed by atoms with E-state index >= 15 is 0 Å². The number of carbonyl (C=O) groups is 2. The van der Waals surface area contributed by atoms with Gasteiger partial charge in [-0.3, -0.25) is 9.59 Å². The minimum absolute atomic E-state index is 0.0378. The SMILES string of the molecule is COc1cc([C@H](C(=O)NC2CCCCC2)N(Cc2ccc(F)cc2)C(=O)Cc2cccs2)cc(OC)c1OC. The minimum atomic E-state index is -0.988. The third-order valence-electron chi connectivity index (χ3n) is 7.01. The zero-order valence-corrected chi connectivity index (χ0v) is 23.4. The van der Waals surface area contributed by atoms with Gasteiger partial charge < -0.3 is 24.4 Å². The van der Waals surface area contributed by atoms with Crippen LogP contribution < -0.4 is 19.5 Å². The van der Waals surface area contributed by atoms with Crippen molar-refractivity contribution in [2.45, 2.75) is 57.2 Å². The molecule has 0 saturated heterocycles. The highest BCUT2D eigenvalue weighted by Gasteiger charge is 2.34. The van der Waals surface area contributed by atoms with Crippen molar-refractivity contribution in [2.24, 2.45) is 0 Å². The van der Waals surface area contributed by atoms with Gasteiger partial charge >= 0.3 is 0 Å². The van der Waals surface area contributed by atoms with Gasteiger partial charge in [-0.2, -0.15) is 0 Å². The lowest BCUT2D eigenvalue weighted by molar-refractivity contribution is -0.141. The van der Waals surface area contributed by atoms with Crippen molar-refractivity contribution < 1.29 is 28.2 Å². The lowest BCUT2D eigenvalue weighted by Gasteiger charge is -2.34. The lowest BCUT2D eigenvalue weighted by atomic mass is 9.94. The molecule has 1 fully saturated rings. The Morgan fingerprint density at radius 2 is 1.67 bits per heavy atom. The predicted octanol–water partition coefficient (Wildman–Crippen LogP) is 5.67. The Labute approximate surface area is 232 Å². The van der Waals surface area contributed by atoms with E-state index in [0.717, 1.165) is 37.0 Å². The molecule has 1 N–H and O–H groups in total. The van der Waals surface area contributed by atoms with E-state index in [9.17, 15) is 14.0 Å². The lowest BCUT2D eigenvalue weighted by Crippen LogP contribution is -2.47. The highest BCUT2D eigenvalue weighted by molar-refractivity contribution is 7.10. The molecule has 0 spiro atoms.